The predicted molar refractivity (Wildman–Crippen MR) is 84.2 cm³/mol. The molecule has 5 nitrogen and oxygen atoms in total. The fraction of sp³-hybridized carbons (Fsp3) is 0.562. The number of nitriles is 1. The molecule has 114 valence electrons. The first-order chi connectivity index (χ1) is 9.68. The van der Waals surface area contributed by atoms with Gasteiger partial charge in [0.2, 0.25) is 0 Å². The molecule has 1 N–H and O–H groups in total. The van der Waals surface area contributed by atoms with Crippen molar-refractivity contribution in [3.8, 4) is 6.07 Å². The molecule has 1 atom stereocenters. The van der Waals surface area contributed by atoms with Crippen LogP contribution >= 0.6 is 0 Å². The summed E-state index contributed by atoms with van der Waals surface area (Å²) in [4.78, 5) is 18.6. The van der Waals surface area contributed by atoms with Gasteiger partial charge in [0, 0.05) is 37.3 Å². The number of carbonyl (C=O) groups excluding carboxylic acids is 1. The van der Waals surface area contributed by atoms with Crippen LogP contribution in [0.2, 0.25) is 0 Å². The van der Waals surface area contributed by atoms with Crippen LogP contribution in [-0.2, 0) is 5.41 Å². The molecule has 0 spiro atoms. The molecule has 1 aromatic heterocycles. The lowest BCUT2D eigenvalue weighted by atomic mass is 9.90. The van der Waals surface area contributed by atoms with Crippen molar-refractivity contribution in [2.75, 3.05) is 26.0 Å². The molecule has 0 radical (unpaired) electrons. The second-order valence-corrected chi connectivity index (χ2v) is 6.34. The summed E-state index contributed by atoms with van der Waals surface area (Å²) in [5.74, 6) is 0.389. The van der Waals surface area contributed by atoms with E-state index in [1.807, 2.05) is 6.07 Å². The van der Waals surface area contributed by atoms with E-state index < -0.39 is 0 Å². The molecule has 0 saturated carbocycles. The number of amides is 1. The third kappa shape index (κ3) is 4.45. The van der Waals surface area contributed by atoms with Gasteiger partial charge < -0.3 is 10.2 Å². The van der Waals surface area contributed by atoms with Crippen molar-refractivity contribution in [2.45, 2.75) is 33.1 Å². The maximum atomic E-state index is 12.5. The number of rotatable bonds is 4. The van der Waals surface area contributed by atoms with Gasteiger partial charge in [-0.3, -0.25) is 4.79 Å². The number of nitrogens with one attached hydrogen (secondary N) is 1. The maximum Gasteiger partial charge on any atom is 0.253 e. The Hall–Kier alpha value is -2.09. The SMILES string of the molecule is CNc1cc(C(=O)N(C)CC(C)C#N)cc(C(C)(C)C)n1. The third-order valence-electron chi connectivity index (χ3n) is 3.21. The van der Waals surface area contributed by atoms with E-state index >= 15 is 0 Å². The molecule has 21 heavy (non-hydrogen) atoms. The summed E-state index contributed by atoms with van der Waals surface area (Å²) in [5.41, 5.74) is 1.31. The quantitative estimate of drug-likeness (QED) is 0.924. The number of nitrogens with zero attached hydrogens (tertiary/aromatic N) is 3. The molecule has 0 bridgehead atoms. The highest BCUT2D eigenvalue weighted by Gasteiger charge is 2.21. The van der Waals surface area contributed by atoms with Gasteiger partial charge in [0.25, 0.3) is 5.91 Å². The molecule has 1 aromatic rings. The minimum Gasteiger partial charge on any atom is -0.373 e. The molecule has 0 saturated heterocycles. The van der Waals surface area contributed by atoms with Crippen LogP contribution in [0, 0.1) is 17.2 Å². The molecule has 0 aromatic carbocycles. The number of hydrogen-bond acceptors (Lipinski definition) is 4. The van der Waals surface area contributed by atoms with Crippen molar-refractivity contribution in [1.29, 1.82) is 5.26 Å². The zero-order valence-corrected chi connectivity index (χ0v) is 13.7. The van der Waals surface area contributed by atoms with E-state index in [9.17, 15) is 4.79 Å². The minimum absolute atomic E-state index is 0.0958. The first-order valence-corrected chi connectivity index (χ1v) is 7.04. The second-order valence-electron chi connectivity index (χ2n) is 6.34. The molecule has 1 heterocycles. The first kappa shape index (κ1) is 17.0. The van der Waals surface area contributed by atoms with E-state index in [1.54, 1.807) is 32.0 Å². The zero-order chi connectivity index (χ0) is 16.2. The molecule has 0 aliphatic carbocycles. The van der Waals surface area contributed by atoms with Gasteiger partial charge in [-0.2, -0.15) is 5.26 Å². The molecular weight excluding hydrogens is 264 g/mol. The average molecular weight is 288 g/mol. The summed E-state index contributed by atoms with van der Waals surface area (Å²) in [6.45, 7) is 8.40. The predicted octanol–water partition coefficient (Wildman–Crippen LogP) is 2.65. The van der Waals surface area contributed by atoms with Crippen LogP contribution in [-0.4, -0.2) is 36.4 Å². The highest BCUT2D eigenvalue weighted by atomic mass is 16.2. The highest BCUT2D eigenvalue weighted by molar-refractivity contribution is 5.95. The number of anilines is 1. The molecule has 1 rings (SSSR count). The summed E-state index contributed by atoms with van der Waals surface area (Å²) in [7, 11) is 3.50. The lowest BCUT2D eigenvalue weighted by Gasteiger charge is -2.22. The van der Waals surface area contributed by atoms with Gasteiger partial charge in [-0.1, -0.05) is 20.8 Å². The van der Waals surface area contributed by atoms with Crippen LogP contribution in [0.25, 0.3) is 0 Å². The number of aromatic nitrogens is 1. The summed E-state index contributed by atoms with van der Waals surface area (Å²) in [6, 6.07) is 5.71. The normalized spacial score (nSPS) is 12.4. The standard InChI is InChI=1S/C16H24N4O/c1-11(9-17)10-20(6)15(21)12-7-13(16(2,3)4)19-14(8-12)18-5/h7-8,11H,10H2,1-6H3,(H,18,19). The Morgan fingerprint density at radius 2 is 2.10 bits per heavy atom. The van der Waals surface area contributed by atoms with E-state index in [4.69, 9.17) is 5.26 Å². The van der Waals surface area contributed by atoms with Crippen LogP contribution in [0.1, 0.15) is 43.7 Å². The largest absolute Gasteiger partial charge is 0.373 e. The zero-order valence-electron chi connectivity index (χ0n) is 13.7. The summed E-state index contributed by atoms with van der Waals surface area (Å²) < 4.78 is 0. The summed E-state index contributed by atoms with van der Waals surface area (Å²) >= 11 is 0. The molecule has 0 aliphatic heterocycles. The lowest BCUT2D eigenvalue weighted by molar-refractivity contribution is 0.0785. The Balaban J connectivity index is 3.12. The number of pyridine rings is 1. The van der Waals surface area contributed by atoms with Gasteiger partial charge in [0.15, 0.2) is 0 Å². The van der Waals surface area contributed by atoms with E-state index in [1.165, 1.54) is 0 Å². The van der Waals surface area contributed by atoms with Crippen LogP contribution < -0.4 is 5.32 Å². The summed E-state index contributed by atoms with van der Waals surface area (Å²) in [6.07, 6.45) is 0. The van der Waals surface area contributed by atoms with Crippen LogP contribution in [0.15, 0.2) is 12.1 Å². The lowest BCUT2D eigenvalue weighted by Crippen LogP contribution is -2.31. The molecular formula is C16H24N4O. The van der Waals surface area contributed by atoms with Crippen LogP contribution in [0.3, 0.4) is 0 Å². The van der Waals surface area contributed by atoms with Crippen molar-refractivity contribution in [3.63, 3.8) is 0 Å². The fourth-order valence-corrected chi connectivity index (χ4v) is 1.92. The van der Waals surface area contributed by atoms with Gasteiger partial charge in [0.1, 0.15) is 5.82 Å². The van der Waals surface area contributed by atoms with Crippen molar-refractivity contribution in [3.05, 3.63) is 23.4 Å². The topological polar surface area (TPSA) is 69.0 Å². The van der Waals surface area contributed by atoms with E-state index in [0.29, 0.717) is 17.9 Å². The molecule has 5 heteroatoms. The Bertz CT molecular complexity index is 554. The number of hydrogen-bond donors (Lipinski definition) is 1. The highest BCUT2D eigenvalue weighted by Crippen LogP contribution is 2.24. The van der Waals surface area contributed by atoms with Crippen molar-refractivity contribution in [2.24, 2.45) is 5.92 Å². The van der Waals surface area contributed by atoms with Gasteiger partial charge in [-0.25, -0.2) is 4.98 Å². The molecule has 1 unspecified atom stereocenters. The van der Waals surface area contributed by atoms with Crippen molar-refractivity contribution >= 4 is 11.7 Å². The molecule has 1 amide bonds. The Kier molecular flexibility index (Phi) is 5.31. The average Bonchev–Trinajstić information content (AvgIpc) is 2.44. The maximum absolute atomic E-state index is 12.5. The van der Waals surface area contributed by atoms with Gasteiger partial charge in [-0.05, 0) is 19.1 Å². The van der Waals surface area contributed by atoms with Gasteiger partial charge in [-0.15, -0.1) is 0 Å². The van der Waals surface area contributed by atoms with Crippen LogP contribution in [0.4, 0.5) is 5.82 Å². The first-order valence-electron chi connectivity index (χ1n) is 7.04. The molecule has 0 fully saturated rings. The van der Waals surface area contributed by atoms with Crippen LogP contribution in [0.5, 0.6) is 0 Å². The number of carbonyl (C=O) groups is 1. The Morgan fingerprint density at radius 3 is 2.57 bits per heavy atom. The van der Waals surface area contributed by atoms with Gasteiger partial charge in [0.05, 0.1) is 12.0 Å². The van der Waals surface area contributed by atoms with E-state index in [0.717, 1.165) is 5.69 Å². The Labute approximate surface area is 127 Å². The summed E-state index contributed by atoms with van der Waals surface area (Å²) in [5, 5.41) is 11.9. The molecule has 0 aliphatic rings. The minimum atomic E-state index is -0.188. The second kappa shape index (κ2) is 6.57. The third-order valence-corrected chi connectivity index (χ3v) is 3.21. The van der Waals surface area contributed by atoms with E-state index in [-0.39, 0.29) is 17.2 Å². The smallest absolute Gasteiger partial charge is 0.253 e. The monoisotopic (exact) mass is 288 g/mol. The van der Waals surface area contributed by atoms with Gasteiger partial charge >= 0.3 is 0 Å². The van der Waals surface area contributed by atoms with E-state index in [2.05, 4.69) is 37.1 Å². The fourth-order valence-electron chi connectivity index (χ4n) is 1.92. The Morgan fingerprint density at radius 1 is 1.48 bits per heavy atom. The van der Waals surface area contributed by atoms with Crippen molar-refractivity contribution < 1.29 is 4.79 Å². The van der Waals surface area contributed by atoms with Crippen molar-refractivity contribution in [1.82, 2.24) is 9.88 Å².